The monoisotopic (exact) mass is 416 g/mol. The Bertz CT molecular complexity index is 675. The number of carbonyl (C=O) groups excluding carboxylic acids is 1. The van der Waals surface area contributed by atoms with Crippen molar-refractivity contribution < 1.29 is 9.53 Å². The highest BCUT2D eigenvalue weighted by atomic mass is 16.5. The molecule has 2 aliphatic heterocycles. The fourth-order valence-electron chi connectivity index (χ4n) is 3.72. The molecule has 2 aliphatic rings. The highest BCUT2D eigenvalue weighted by Gasteiger charge is 2.23. The zero-order valence-electron chi connectivity index (χ0n) is 18.3. The molecule has 30 heavy (non-hydrogen) atoms. The molecule has 1 aromatic rings. The summed E-state index contributed by atoms with van der Waals surface area (Å²) < 4.78 is 5.41. The Kier molecular flexibility index (Phi) is 8.77. The van der Waals surface area contributed by atoms with Gasteiger partial charge in [-0.05, 0) is 31.5 Å². The van der Waals surface area contributed by atoms with Crippen LogP contribution < -0.4 is 15.5 Å². The van der Waals surface area contributed by atoms with E-state index >= 15 is 0 Å². The number of carbonyl (C=O) groups is 1. The van der Waals surface area contributed by atoms with E-state index in [2.05, 4.69) is 49.7 Å². The summed E-state index contributed by atoms with van der Waals surface area (Å²) >= 11 is 0. The lowest BCUT2D eigenvalue weighted by Gasteiger charge is -2.26. The summed E-state index contributed by atoms with van der Waals surface area (Å²) in [5.41, 5.74) is 1.25. The molecule has 0 spiro atoms. The largest absolute Gasteiger partial charge is 0.379 e. The Morgan fingerprint density at radius 2 is 1.97 bits per heavy atom. The summed E-state index contributed by atoms with van der Waals surface area (Å²) in [7, 11) is 3.52. The quantitative estimate of drug-likeness (QED) is 0.368. The minimum atomic E-state index is 0.00162. The summed E-state index contributed by atoms with van der Waals surface area (Å²) in [5.74, 6) is 0.730. The van der Waals surface area contributed by atoms with Crippen LogP contribution in [0.3, 0.4) is 0 Å². The van der Waals surface area contributed by atoms with E-state index in [1.165, 1.54) is 5.69 Å². The third kappa shape index (κ3) is 7.18. The molecule has 0 saturated carbocycles. The fourth-order valence-corrected chi connectivity index (χ4v) is 3.72. The predicted molar refractivity (Wildman–Crippen MR) is 121 cm³/mol. The van der Waals surface area contributed by atoms with Crippen LogP contribution in [0.25, 0.3) is 0 Å². The van der Waals surface area contributed by atoms with Gasteiger partial charge in [-0.1, -0.05) is 18.2 Å². The summed E-state index contributed by atoms with van der Waals surface area (Å²) in [6.45, 7) is 7.65. The Labute approximate surface area is 180 Å². The molecule has 8 nitrogen and oxygen atoms in total. The smallest absolute Gasteiger partial charge is 0.243 e. The van der Waals surface area contributed by atoms with E-state index in [9.17, 15) is 4.79 Å². The highest BCUT2D eigenvalue weighted by Crippen LogP contribution is 2.19. The first kappa shape index (κ1) is 22.4. The second kappa shape index (κ2) is 11.8. The molecule has 8 heteroatoms. The molecule has 0 aliphatic carbocycles. The minimum absolute atomic E-state index is 0.00162. The number of guanidine groups is 1. The van der Waals surface area contributed by atoms with Gasteiger partial charge < -0.3 is 25.2 Å². The summed E-state index contributed by atoms with van der Waals surface area (Å²) in [4.78, 5) is 22.9. The number of nitrogens with zero attached hydrogens (tertiary/aromatic N) is 4. The van der Waals surface area contributed by atoms with Crippen molar-refractivity contribution in [1.82, 2.24) is 20.4 Å². The van der Waals surface area contributed by atoms with Gasteiger partial charge in [0.1, 0.15) is 6.54 Å². The Balaban J connectivity index is 1.49. The number of aliphatic imine (C=N–C) groups is 1. The van der Waals surface area contributed by atoms with Crippen LogP contribution in [0.15, 0.2) is 35.3 Å². The normalized spacial score (nSPS) is 20.3. The number of rotatable bonds is 8. The van der Waals surface area contributed by atoms with Crippen LogP contribution in [0.2, 0.25) is 0 Å². The van der Waals surface area contributed by atoms with Gasteiger partial charge >= 0.3 is 0 Å². The number of hydrogen-bond acceptors (Lipinski definition) is 5. The van der Waals surface area contributed by atoms with E-state index in [-0.39, 0.29) is 12.5 Å². The molecule has 2 N–H and O–H groups in total. The number of para-hydroxylation sites is 1. The third-order valence-electron chi connectivity index (χ3n) is 5.57. The highest BCUT2D eigenvalue weighted by molar-refractivity contribution is 5.85. The Hall–Kier alpha value is -2.32. The molecule has 0 radical (unpaired) electrons. The maximum atomic E-state index is 12.0. The van der Waals surface area contributed by atoms with Crippen LogP contribution in [0.4, 0.5) is 5.69 Å². The summed E-state index contributed by atoms with van der Waals surface area (Å²) in [6.07, 6.45) is 2.08. The van der Waals surface area contributed by atoms with Gasteiger partial charge in [0.25, 0.3) is 0 Å². The van der Waals surface area contributed by atoms with E-state index in [0.29, 0.717) is 6.04 Å². The molecular weight excluding hydrogens is 380 g/mol. The summed E-state index contributed by atoms with van der Waals surface area (Å²) in [6, 6.07) is 10.8. The second-order valence-corrected chi connectivity index (χ2v) is 8.10. The van der Waals surface area contributed by atoms with Gasteiger partial charge in [-0.2, -0.15) is 0 Å². The number of nitrogens with one attached hydrogen (secondary N) is 2. The lowest BCUT2D eigenvalue weighted by Crippen LogP contribution is -2.46. The van der Waals surface area contributed by atoms with E-state index < -0.39 is 0 Å². The second-order valence-electron chi connectivity index (χ2n) is 8.10. The van der Waals surface area contributed by atoms with Crippen molar-refractivity contribution in [1.29, 1.82) is 0 Å². The van der Waals surface area contributed by atoms with Crippen LogP contribution in [-0.4, -0.2) is 101 Å². The zero-order chi connectivity index (χ0) is 21.2. The predicted octanol–water partition coefficient (Wildman–Crippen LogP) is 0.611. The molecule has 0 bridgehead atoms. The van der Waals surface area contributed by atoms with Crippen molar-refractivity contribution in [2.45, 2.75) is 18.9 Å². The van der Waals surface area contributed by atoms with Crippen molar-refractivity contribution in [3.63, 3.8) is 0 Å². The van der Waals surface area contributed by atoms with Crippen molar-refractivity contribution in [2.24, 2.45) is 4.99 Å². The van der Waals surface area contributed by atoms with E-state index in [4.69, 9.17) is 4.74 Å². The first-order valence-corrected chi connectivity index (χ1v) is 11.0. The first-order chi connectivity index (χ1) is 14.6. The summed E-state index contributed by atoms with van der Waals surface area (Å²) in [5, 5.41) is 6.97. The van der Waals surface area contributed by atoms with Crippen LogP contribution in [0, 0.1) is 0 Å². The fraction of sp³-hybridized carbons (Fsp3) is 0.636. The van der Waals surface area contributed by atoms with Gasteiger partial charge in [0, 0.05) is 58.5 Å². The molecule has 1 atom stereocenters. The molecule has 2 saturated heterocycles. The molecule has 1 unspecified atom stereocenters. The van der Waals surface area contributed by atoms with Crippen LogP contribution >= 0.6 is 0 Å². The van der Waals surface area contributed by atoms with Crippen LogP contribution in [0.5, 0.6) is 0 Å². The van der Waals surface area contributed by atoms with Crippen LogP contribution in [-0.2, 0) is 9.53 Å². The Morgan fingerprint density at radius 3 is 2.70 bits per heavy atom. The van der Waals surface area contributed by atoms with Crippen molar-refractivity contribution >= 4 is 17.6 Å². The number of ether oxygens (including phenoxy) is 1. The molecular formula is C22H36N6O2. The average Bonchev–Trinajstić information content (AvgIpc) is 3.24. The number of amides is 1. The van der Waals surface area contributed by atoms with Crippen molar-refractivity contribution in [3.8, 4) is 0 Å². The minimum Gasteiger partial charge on any atom is -0.379 e. The molecule has 2 fully saturated rings. The Morgan fingerprint density at radius 1 is 1.20 bits per heavy atom. The standard InChI is InChI=1S/C22H36N6O2/c1-26(2)21(29)17-24-22(23-10-6-11-27-13-15-30-16-14-27)25-19-9-12-28(18-19)20-7-4-3-5-8-20/h3-5,7-8,19H,6,9-18H2,1-2H3,(H2,23,24,25). The number of morpholine rings is 1. The van der Waals surface area contributed by atoms with Gasteiger partial charge in [-0.15, -0.1) is 0 Å². The SMILES string of the molecule is CN(C)C(=O)CN=C(NCCCN1CCOCC1)NC1CCN(c2ccccc2)C1. The number of benzene rings is 1. The average molecular weight is 417 g/mol. The first-order valence-electron chi connectivity index (χ1n) is 11.0. The number of hydrogen-bond donors (Lipinski definition) is 2. The molecule has 166 valence electrons. The molecule has 0 aromatic heterocycles. The van der Waals surface area contributed by atoms with Gasteiger partial charge in [0.15, 0.2) is 5.96 Å². The third-order valence-corrected chi connectivity index (χ3v) is 5.57. The molecule has 2 heterocycles. The van der Waals surface area contributed by atoms with Crippen LogP contribution in [0.1, 0.15) is 12.8 Å². The topological polar surface area (TPSA) is 72.4 Å². The molecule has 1 aromatic carbocycles. The number of likely N-dealkylation sites (N-methyl/N-ethyl adjacent to an activating group) is 1. The van der Waals surface area contributed by atoms with Crippen molar-refractivity contribution in [3.05, 3.63) is 30.3 Å². The van der Waals surface area contributed by atoms with E-state index in [1.807, 2.05) is 6.07 Å². The lowest BCUT2D eigenvalue weighted by atomic mass is 10.2. The maximum Gasteiger partial charge on any atom is 0.243 e. The van der Waals surface area contributed by atoms with Gasteiger partial charge in [-0.25, -0.2) is 4.99 Å². The maximum absolute atomic E-state index is 12.0. The van der Waals surface area contributed by atoms with Crippen molar-refractivity contribution in [2.75, 3.05) is 78.0 Å². The van der Waals surface area contributed by atoms with Gasteiger partial charge in [0.05, 0.1) is 13.2 Å². The molecule has 1 amide bonds. The van der Waals surface area contributed by atoms with Gasteiger partial charge in [0.2, 0.25) is 5.91 Å². The van der Waals surface area contributed by atoms with E-state index in [1.54, 1.807) is 19.0 Å². The lowest BCUT2D eigenvalue weighted by molar-refractivity contribution is -0.127. The van der Waals surface area contributed by atoms with Gasteiger partial charge in [-0.3, -0.25) is 9.69 Å². The number of anilines is 1. The molecule has 3 rings (SSSR count). The van der Waals surface area contributed by atoms with E-state index in [0.717, 1.165) is 71.3 Å². The zero-order valence-corrected chi connectivity index (χ0v) is 18.3.